The van der Waals surface area contributed by atoms with Gasteiger partial charge in [0, 0.05) is 12.8 Å². The quantitative estimate of drug-likeness (QED) is 0.598. The zero-order valence-electron chi connectivity index (χ0n) is 13.8. The number of ketones is 1. The van der Waals surface area contributed by atoms with Gasteiger partial charge in [-0.3, -0.25) is 4.79 Å². The number of allylic oxidation sites excluding steroid dienone is 2. The lowest BCUT2D eigenvalue weighted by atomic mass is 9.53. The molecule has 0 N–H and O–H groups in total. The first-order valence-corrected chi connectivity index (χ1v) is 9.36. The molecule has 2 fully saturated rings. The van der Waals surface area contributed by atoms with E-state index in [1.807, 2.05) is 0 Å². The van der Waals surface area contributed by atoms with Crippen LogP contribution in [-0.2, 0) is 4.79 Å². The Morgan fingerprint density at radius 2 is 1.95 bits per heavy atom. The summed E-state index contributed by atoms with van der Waals surface area (Å²) in [4.78, 5) is 11.8. The van der Waals surface area contributed by atoms with E-state index < -0.39 is 0 Å². The second-order valence-electron chi connectivity index (χ2n) is 8.49. The summed E-state index contributed by atoms with van der Waals surface area (Å²) < 4.78 is 0. The summed E-state index contributed by atoms with van der Waals surface area (Å²) in [6.07, 6.45) is 12.6. The Hall–Kier alpha value is -0.590. The number of hydrogen-bond acceptors (Lipinski definition) is 1. The Morgan fingerprint density at radius 3 is 2.76 bits per heavy atom. The summed E-state index contributed by atoms with van der Waals surface area (Å²) in [5.41, 5.74) is 3.97. The van der Waals surface area contributed by atoms with Crippen molar-refractivity contribution in [3.05, 3.63) is 11.1 Å². The van der Waals surface area contributed by atoms with Crippen LogP contribution in [0.3, 0.4) is 0 Å². The minimum atomic E-state index is 0.500. The maximum absolute atomic E-state index is 11.8. The lowest BCUT2D eigenvalue weighted by Crippen LogP contribution is -2.43. The van der Waals surface area contributed by atoms with Crippen molar-refractivity contribution in [3.63, 3.8) is 0 Å². The van der Waals surface area contributed by atoms with Crippen molar-refractivity contribution in [2.75, 3.05) is 0 Å². The molecule has 2 saturated carbocycles. The van der Waals surface area contributed by atoms with E-state index in [2.05, 4.69) is 13.8 Å². The van der Waals surface area contributed by atoms with E-state index in [0.717, 1.165) is 42.9 Å². The van der Waals surface area contributed by atoms with Gasteiger partial charge in [0.2, 0.25) is 0 Å². The van der Waals surface area contributed by atoms with Crippen molar-refractivity contribution in [2.24, 2.45) is 29.1 Å². The Labute approximate surface area is 129 Å². The molecule has 4 rings (SSSR count). The molecular formula is C20H30O. The highest BCUT2D eigenvalue weighted by Gasteiger charge is 2.54. The molecule has 0 radical (unpaired) electrons. The van der Waals surface area contributed by atoms with Crippen molar-refractivity contribution >= 4 is 5.78 Å². The average molecular weight is 286 g/mol. The van der Waals surface area contributed by atoms with Crippen molar-refractivity contribution in [1.29, 1.82) is 0 Å². The highest BCUT2D eigenvalue weighted by Crippen LogP contribution is 2.63. The van der Waals surface area contributed by atoms with Gasteiger partial charge < -0.3 is 0 Å². The van der Waals surface area contributed by atoms with Crippen molar-refractivity contribution < 1.29 is 4.79 Å². The fourth-order valence-electron chi connectivity index (χ4n) is 6.83. The van der Waals surface area contributed by atoms with Crippen LogP contribution in [-0.4, -0.2) is 5.78 Å². The van der Waals surface area contributed by atoms with Crippen molar-refractivity contribution in [2.45, 2.75) is 78.1 Å². The van der Waals surface area contributed by atoms with E-state index in [0.29, 0.717) is 11.2 Å². The van der Waals surface area contributed by atoms with Crippen LogP contribution in [0.4, 0.5) is 0 Å². The van der Waals surface area contributed by atoms with Gasteiger partial charge in [-0.15, -0.1) is 0 Å². The minimum Gasteiger partial charge on any atom is -0.299 e. The van der Waals surface area contributed by atoms with Gasteiger partial charge in [0.15, 0.2) is 0 Å². The summed E-state index contributed by atoms with van der Waals surface area (Å²) >= 11 is 0. The molecule has 0 aromatic carbocycles. The second-order valence-corrected chi connectivity index (χ2v) is 8.49. The molecule has 0 heterocycles. The van der Waals surface area contributed by atoms with Crippen LogP contribution in [0.15, 0.2) is 11.1 Å². The fourth-order valence-corrected chi connectivity index (χ4v) is 6.83. The Kier molecular flexibility index (Phi) is 3.32. The number of fused-ring (bicyclic) bond motifs is 4. The maximum Gasteiger partial charge on any atom is 0.137 e. The van der Waals surface area contributed by atoms with Gasteiger partial charge in [-0.25, -0.2) is 0 Å². The van der Waals surface area contributed by atoms with Crippen LogP contribution in [0, 0.1) is 29.1 Å². The molecule has 1 heteroatoms. The zero-order valence-corrected chi connectivity index (χ0v) is 13.8. The first-order chi connectivity index (χ1) is 10.1. The third-order valence-corrected chi connectivity index (χ3v) is 7.89. The van der Waals surface area contributed by atoms with Gasteiger partial charge in [0.1, 0.15) is 5.78 Å². The second kappa shape index (κ2) is 4.96. The number of Topliss-reactive ketones (excluding diaryl/α,β-unsaturated/α-hetero) is 1. The maximum atomic E-state index is 11.8. The normalized spacial score (nSPS) is 46.1. The third kappa shape index (κ3) is 1.99. The van der Waals surface area contributed by atoms with E-state index in [1.165, 1.54) is 44.9 Å². The molecule has 3 unspecified atom stereocenters. The SMILES string of the molecule is CC[C@H]1CCC2C3CCC4=C(CCC(=O)C4)C3CC[C@@]21C. The molecule has 0 spiro atoms. The van der Waals surface area contributed by atoms with Crippen LogP contribution in [0.5, 0.6) is 0 Å². The molecule has 0 aromatic heterocycles. The van der Waals surface area contributed by atoms with Gasteiger partial charge in [-0.2, -0.15) is 0 Å². The number of hydrogen-bond donors (Lipinski definition) is 0. The molecule has 4 aliphatic rings. The Bertz CT molecular complexity index is 488. The molecular weight excluding hydrogens is 256 g/mol. The molecule has 21 heavy (non-hydrogen) atoms. The molecule has 4 aliphatic carbocycles. The highest BCUT2D eigenvalue weighted by atomic mass is 16.1. The fraction of sp³-hybridized carbons (Fsp3) is 0.850. The van der Waals surface area contributed by atoms with E-state index in [-0.39, 0.29) is 0 Å². The van der Waals surface area contributed by atoms with Crippen LogP contribution in [0.25, 0.3) is 0 Å². The highest BCUT2D eigenvalue weighted by molar-refractivity contribution is 5.82. The van der Waals surface area contributed by atoms with E-state index >= 15 is 0 Å². The molecule has 0 amide bonds. The van der Waals surface area contributed by atoms with Crippen molar-refractivity contribution in [3.8, 4) is 0 Å². The van der Waals surface area contributed by atoms with Crippen LogP contribution in [0.2, 0.25) is 0 Å². The molecule has 1 nitrogen and oxygen atoms in total. The summed E-state index contributed by atoms with van der Waals surface area (Å²) in [5.74, 6) is 4.27. The lowest BCUT2D eigenvalue weighted by molar-refractivity contribution is -0.119. The Balaban J connectivity index is 1.63. The molecule has 116 valence electrons. The van der Waals surface area contributed by atoms with Gasteiger partial charge in [0.25, 0.3) is 0 Å². The third-order valence-electron chi connectivity index (χ3n) is 7.89. The Morgan fingerprint density at radius 1 is 1.10 bits per heavy atom. The molecule has 0 aliphatic heterocycles. The summed E-state index contributed by atoms with van der Waals surface area (Å²) in [7, 11) is 0. The first kappa shape index (κ1) is 14.0. The molecule has 0 aromatic rings. The number of carbonyl (C=O) groups is 1. The van der Waals surface area contributed by atoms with E-state index in [4.69, 9.17) is 0 Å². The summed E-state index contributed by atoms with van der Waals surface area (Å²) in [5, 5.41) is 0. The van der Waals surface area contributed by atoms with Gasteiger partial charge in [-0.05, 0) is 74.0 Å². The number of rotatable bonds is 1. The predicted molar refractivity (Wildman–Crippen MR) is 85.9 cm³/mol. The smallest absolute Gasteiger partial charge is 0.137 e. The predicted octanol–water partition coefficient (Wildman–Crippen LogP) is 5.30. The van der Waals surface area contributed by atoms with Crippen LogP contribution < -0.4 is 0 Å². The zero-order chi connectivity index (χ0) is 14.6. The molecule has 0 bridgehead atoms. The van der Waals surface area contributed by atoms with E-state index in [1.54, 1.807) is 11.1 Å². The first-order valence-electron chi connectivity index (χ1n) is 9.36. The molecule has 5 atom stereocenters. The monoisotopic (exact) mass is 286 g/mol. The minimum absolute atomic E-state index is 0.500. The van der Waals surface area contributed by atoms with Crippen LogP contribution in [0.1, 0.15) is 78.1 Å². The topological polar surface area (TPSA) is 17.1 Å². The lowest BCUT2D eigenvalue weighted by Gasteiger charge is -2.52. The van der Waals surface area contributed by atoms with Gasteiger partial charge >= 0.3 is 0 Å². The van der Waals surface area contributed by atoms with Crippen LogP contribution >= 0.6 is 0 Å². The van der Waals surface area contributed by atoms with Gasteiger partial charge in [-0.1, -0.05) is 31.4 Å². The largest absolute Gasteiger partial charge is 0.299 e. The molecule has 0 saturated heterocycles. The van der Waals surface area contributed by atoms with E-state index in [9.17, 15) is 4.79 Å². The van der Waals surface area contributed by atoms with Crippen molar-refractivity contribution in [1.82, 2.24) is 0 Å². The average Bonchev–Trinajstić information content (AvgIpc) is 2.83. The number of carbonyl (C=O) groups excluding carboxylic acids is 1. The summed E-state index contributed by atoms with van der Waals surface area (Å²) in [6.45, 7) is 5.02. The standard InChI is InChI=1S/C20H30O/c1-3-14-5-9-19-18-7-4-13-12-15(21)6-8-16(13)17(18)10-11-20(14,19)2/h14,17-19H,3-12H2,1-2H3/t14-,17?,18?,19?,20+/m0/s1. The summed E-state index contributed by atoms with van der Waals surface area (Å²) in [6, 6.07) is 0. The van der Waals surface area contributed by atoms with Gasteiger partial charge in [0.05, 0.1) is 0 Å².